The Labute approximate surface area is 190 Å². The van der Waals surface area contributed by atoms with Crippen LogP contribution in [0.1, 0.15) is 68.1 Å². The van der Waals surface area contributed by atoms with Crippen LogP contribution in [-0.2, 0) is 11.4 Å². The second-order valence-corrected chi connectivity index (χ2v) is 9.66. The van der Waals surface area contributed by atoms with Gasteiger partial charge in [-0.15, -0.1) is 0 Å². The monoisotopic (exact) mass is 431 g/mol. The van der Waals surface area contributed by atoms with Gasteiger partial charge < -0.3 is 14.7 Å². The van der Waals surface area contributed by atoms with Crippen LogP contribution in [0.15, 0.2) is 54.1 Å². The van der Waals surface area contributed by atoms with Crippen molar-refractivity contribution in [3.8, 4) is 5.75 Å². The van der Waals surface area contributed by atoms with Gasteiger partial charge in [0.15, 0.2) is 0 Å². The first kappa shape index (κ1) is 21.3. The van der Waals surface area contributed by atoms with Crippen LogP contribution >= 0.6 is 0 Å². The van der Waals surface area contributed by atoms with Crippen LogP contribution in [0.2, 0.25) is 0 Å². The summed E-state index contributed by atoms with van der Waals surface area (Å²) in [6, 6.07) is 17.0. The van der Waals surface area contributed by atoms with Crippen LogP contribution in [0, 0.1) is 5.41 Å². The summed E-state index contributed by atoms with van der Waals surface area (Å²) in [4.78, 5) is 14.5. The molecule has 0 atom stereocenters. The van der Waals surface area contributed by atoms with E-state index in [9.17, 15) is 9.90 Å². The first-order chi connectivity index (χ1) is 15.7. The van der Waals surface area contributed by atoms with Gasteiger partial charge in [0, 0.05) is 18.7 Å². The van der Waals surface area contributed by atoms with E-state index in [0.29, 0.717) is 6.61 Å². The summed E-state index contributed by atoms with van der Waals surface area (Å²) >= 11 is 0. The molecule has 0 radical (unpaired) electrons. The number of carboxylic acid groups (broad SMARTS) is 1. The molecule has 2 aromatic rings. The minimum absolute atomic E-state index is 0.493. The molecular formula is C28H33NO3. The lowest BCUT2D eigenvalue weighted by atomic mass is 9.71. The number of fused-ring (bicyclic) bond motifs is 2. The summed E-state index contributed by atoms with van der Waals surface area (Å²) < 4.78 is 6.16. The third kappa shape index (κ3) is 4.09. The summed E-state index contributed by atoms with van der Waals surface area (Å²) in [6.45, 7) is 3.50. The normalized spacial score (nSPS) is 20.6. The highest BCUT2D eigenvalue weighted by Crippen LogP contribution is 2.42. The molecule has 2 heterocycles. The molecule has 1 saturated heterocycles. The molecule has 4 heteroatoms. The molecule has 2 aliphatic heterocycles. The van der Waals surface area contributed by atoms with E-state index in [2.05, 4.69) is 47.4 Å². The van der Waals surface area contributed by atoms with Gasteiger partial charge in [-0.2, -0.15) is 0 Å². The van der Waals surface area contributed by atoms with Crippen molar-refractivity contribution in [1.82, 2.24) is 4.90 Å². The molecule has 32 heavy (non-hydrogen) atoms. The Hall–Kier alpha value is -2.59. The fraction of sp³-hybridized carbons (Fsp3) is 0.464. The minimum atomic E-state index is -0.580. The van der Waals surface area contributed by atoms with E-state index in [1.165, 1.54) is 34.3 Å². The molecule has 2 aromatic carbocycles. The first-order valence-corrected chi connectivity index (χ1v) is 12.1. The van der Waals surface area contributed by atoms with E-state index in [4.69, 9.17) is 4.74 Å². The summed E-state index contributed by atoms with van der Waals surface area (Å²) in [5.41, 5.74) is 6.10. The van der Waals surface area contributed by atoms with Gasteiger partial charge in [0.05, 0.1) is 5.41 Å². The molecule has 5 rings (SSSR count). The zero-order chi connectivity index (χ0) is 22.0. The van der Waals surface area contributed by atoms with Crippen LogP contribution < -0.4 is 4.74 Å². The van der Waals surface area contributed by atoms with Gasteiger partial charge in [-0.1, -0.05) is 67.3 Å². The third-order valence-electron chi connectivity index (χ3n) is 7.81. The maximum absolute atomic E-state index is 12.0. The predicted octanol–water partition coefficient (Wildman–Crippen LogP) is 5.90. The topological polar surface area (TPSA) is 49.8 Å². The molecule has 1 N–H and O–H groups in total. The highest BCUT2D eigenvalue weighted by atomic mass is 16.5. The molecule has 3 aliphatic rings. The number of likely N-dealkylation sites (tertiary alicyclic amines) is 1. The van der Waals surface area contributed by atoms with Crippen molar-refractivity contribution in [3.63, 3.8) is 0 Å². The summed E-state index contributed by atoms with van der Waals surface area (Å²) in [5, 5.41) is 9.91. The first-order valence-electron chi connectivity index (χ1n) is 12.1. The van der Waals surface area contributed by atoms with Gasteiger partial charge in [-0.3, -0.25) is 4.79 Å². The average Bonchev–Trinajstić information content (AvgIpc) is 3.01. The maximum Gasteiger partial charge on any atom is 0.309 e. The van der Waals surface area contributed by atoms with Crippen LogP contribution in [0.25, 0.3) is 5.57 Å². The number of ether oxygens (including phenoxy) is 1. The summed E-state index contributed by atoms with van der Waals surface area (Å²) in [7, 11) is 0. The van der Waals surface area contributed by atoms with E-state index in [0.717, 1.165) is 70.3 Å². The van der Waals surface area contributed by atoms with E-state index < -0.39 is 11.4 Å². The Bertz CT molecular complexity index is 959. The van der Waals surface area contributed by atoms with Crippen LogP contribution in [0.5, 0.6) is 5.75 Å². The number of aliphatic carboxylic acids is 1. The number of para-hydroxylation sites is 1. The molecule has 1 saturated carbocycles. The number of hydrogen-bond donors (Lipinski definition) is 1. The number of carbonyl (C=O) groups is 1. The number of piperidine rings is 1. The van der Waals surface area contributed by atoms with Gasteiger partial charge in [0.1, 0.15) is 12.4 Å². The molecule has 4 nitrogen and oxygen atoms in total. The number of carboxylic acids is 1. The molecule has 1 aliphatic carbocycles. The lowest BCUT2D eigenvalue weighted by molar-refractivity contribution is -0.151. The van der Waals surface area contributed by atoms with Crippen LogP contribution in [0.3, 0.4) is 0 Å². The lowest BCUT2D eigenvalue weighted by Gasteiger charge is -2.36. The van der Waals surface area contributed by atoms with Gasteiger partial charge in [-0.05, 0) is 61.4 Å². The van der Waals surface area contributed by atoms with E-state index in [1.807, 2.05) is 6.07 Å². The average molecular weight is 432 g/mol. The molecule has 0 bridgehead atoms. The van der Waals surface area contributed by atoms with Crippen molar-refractivity contribution in [2.75, 3.05) is 19.6 Å². The molecule has 0 unspecified atom stereocenters. The molecule has 0 aromatic heterocycles. The zero-order valence-electron chi connectivity index (χ0n) is 18.8. The number of benzene rings is 2. The fourth-order valence-electron chi connectivity index (χ4n) is 5.84. The Kier molecular flexibility index (Phi) is 6.05. The third-order valence-corrected chi connectivity index (χ3v) is 7.81. The minimum Gasteiger partial charge on any atom is -0.488 e. The Morgan fingerprint density at radius 3 is 2.38 bits per heavy atom. The molecular weight excluding hydrogens is 398 g/mol. The summed E-state index contributed by atoms with van der Waals surface area (Å²) in [6.07, 6.45) is 7.83. The number of rotatable bonds is 4. The van der Waals surface area contributed by atoms with Crippen molar-refractivity contribution >= 4 is 11.5 Å². The number of hydrogen-bond acceptors (Lipinski definition) is 3. The Balaban J connectivity index is 1.35. The van der Waals surface area contributed by atoms with Gasteiger partial charge in [0.2, 0.25) is 0 Å². The maximum atomic E-state index is 12.0. The Morgan fingerprint density at radius 1 is 0.938 bits per heavy atom. The second kappa shape index (κ2) is 9.11. The lowest BCUT2D eigenvalue weighted by Crippen LogP contribution is -2.39. The van der Waals surface area contributed by atoms with Crippen LogP contribution in [-0.4, -0.2) is 35.6 Å². The quantitative estimate of drug-likeness (QED) is 0.655. The number of nitrogens with zero attached hydrogens (tertiary/aromatic N) is 1. The van der Waals surface area contributed by atoms with Crippen molar-refractivity contribution in [1.29, 1.82) is 0 Å². The van der Waals surface area contributed by atoms with Gasteiger partial charge in [-0.25, -0.2) is 0 Å². The van der Waals surface area contributed by atoms with Crippen molar-refractivity contribution < 1.29 is 14.6 Å². The second-order valence-electron chi connectivity index (χ2n) is 9.66. The highest BCUT2D eigenvalue weighted by Gasteiger charge is 2.39. The van der Waals surface area contributed by atoms with E-state index in [-0.39, 0.29) is 0 Å². The highest BCUT2D eigenvalue weighted by molar-refractivity contribution is 5.87. The molecule has 168 valence electrons. The zero-order valence-corrected chi connectivity index (χ0v) is 18.8. The van der Waals surface area contributed by atoms with Gasteiger partial charge >= 0.3 is 5.97 Å². The van der Waals surface area contributed by atoms with Crippen LogP contribution in [0.4, 0.5) is 0 Å². The van der Waals surface area contributed by atoms with E-state index in [1.54, 1.807) is 0 Å². The standard InChI is InChI=1S/C28H33NO3/c30-27(31)28(14-6-1-7-15-28)16-19-29-17-12-21(13-18-29)26-23-9-3-2-8-22(23)20-32-25-11-5-4-10-24(25)26/h2-5,8-11H,1,6-7,12-20H2,(H,30,31). The van der Waals surface area contributed by atoms with E-state index >= 15 is 0 Å². The molecule has 2 fully saturated rings. The van der Waals surface area contributed by atoms with Gasteiger partial charge in [0.25, 0.3) is 0 Å². The van der Waals surface area contributed by atoms with Crippen molar-refractivity contribution in [2.45, 2.75) is 58.0 Å². The SMILES string of the molecule is O=C(O)C1(CCN2CCC(=C3c4ccccc4COc4ccccc43)CC2)CCCCC1. The Morgan fingerprint density at radius 2 is 1.62 bits per heavy atom. The summed E-state index contributed by atoms with van der Waals surface area (Å²) in [5.74, 6) is 0.387. The smallest absolute Gasteiger partial charge is 0.309 e. The fourth-order valence-corrected chi connectivity index (χ4v) is 5.84. The predicted molar refractivity (Wildman–Crippen MR) is 127 cm³/mol. The van der Waals surface area contributed by atoms with Crippen molar-refractivity contribution in [3.05, 3.63) is 70.8 Å². The molecule has 0 amide bonds. The molecule has 0 spiro atoms. The van der Waals surface area contributed by atoms with Crippen molar-refractivity contribution in [2.24, 2.45) is 5.41 Å². The largest absolute Gasteiger partial charge is 0.488 e.